The van der Waals surface area contributed by atoms with Gasteiger partial charge in [0.25, 0.3) is 5.56 Å². The summed E-state index contributed by atoms with van der Waals surface area (Å²) in [6, 6.07) is 12.2. The second-order valence-corrected chi connectivity index (χ2v) is 9.01. The Kier molecular flexibility index (Phi) is 5.13. The van der Waals surface area contributed by atoms with Crippen molar-refractivity contribution in [3.63, 3.8) is 0 Å². The number of fused-ring (bicyclic) bond motifs is 4. The molecular formula is C24H30N2O2. The fourth-order valence-corrected chi connectivity index (χ4v) is 5.19. The van der Waals surface area contributed by atoms with Crippen molar-refractivity contribution in [1.29, 1.82) is 0 Å². The zero-order chi connectivity index (χ0) is 19.8. The Hall–Kier alpha value is -2.36. The summed E-state index contributed by atoms with van der Waals surface area (Å²) in [6.45, 7) is 8.70. The Morgan fingerprint density at radius 3 is 2.61 bits per heavy atom. The number of rotatable bonds is 4. The lowest BCUT2D eigenvalue weighted by Crippen LogP contribution is -2.49. The molecule has 1 fully saturated rings. The Bertz CT molecular complexity index is 926. The van der Waals surface area contributed by atoms with Crippen LogP contribution < -0.4 is 5.56 Å². The number of nitrogens with zero attached hydrogens (tertiary/aromatic N) is 2. The van der Waals surface area contributed by atoms with E-state index in [4.69, 9.17) is 0 Å². The Labute approximate surface area is 167 Å². The van der Waals surface area contributed by atoms with Gasteiger partial charge < -0.3 is 9.47 Å². The van der Waals surface area contributed by atoms with Crippen LogP contribution in [0.1, 0.15) is 48.1 Å². The summed E-state index contributed by atoms with van der Waals surface area (Å²) in [5.74, 6) is 1.27. The molecule has 4 nitrogen and oxygen atoms in total. The summed E-state index contributed by atoms with van der Waals surface area (Å²) in [5.41, 5.74) is 5.08. The first kappa shape index (κ1) is 19.0. The van der Waals surface area contributed by atoms with Crippen LogP contribution in [0.15, 0.2) is 41.2 Å². The number of pyridine rings is 1. The van der Waals surface area contributed by atoms with Gasteiger partial charge in [0, 0.05) is 43.7 Å². The fourth-order valence-electron chi connectivity index (χ4n) is 5.19. The summed E-state index contributed by atoms with van der Waals surface area (Å²) in [7, 11) is 0. The smallest absolute Gasteiger partial charge is 0.250 e. The number of aromatic nitrogens is 1. The number of carbonyl (C=O) groups is 1. The number of hydrogen-bond acceptors (Lipinski definition) is 2. The topological polar surface area (TPSA) is 42.3 Å². The summed E-state index contributed by atoms with van der Waals surface area (Å²) in [6.07, 6.45) is 2.62. The van der Waals surface area contributed by atoms with E-state index in [0.717, 1.165) is 38.2 Å². The van der Waals surface area contributed by atoms with Crippen molar-refractivity contribution >= 4 is 5.91 Å². The lowest BCUT2D eigenvalue weighted by atomic mass is 9.83. The Balaban J connectivity index is 1.41. The molecule has 2 aliphatic heterocycles. The van der Waals surface area contributed by atoms with Crippen LogP contribution in [-0.2, 0) is 17.8 Å². The molecular weight excluding hydrogens is 348 g/mol. The highest BCUT2D eigenvalue weighted by Gasteiger charge is 2.36. The van der Waals surface area contributed by atoms with Gasteiger partial charge in [-0.1, -0.05) is 42.3 Å². The van der Waals surface area contributed by atoms with Gasteiger partial charge in [0.2, 0.25) is 5.91 Å². The number of amides is 1. The van der Waals surface area contributed by atoms with Crippen LogP contribution in [0.3, 0.4) is 0 Å². The van der Waals surface area contributed by atoms with E-state index in [1.165, 1.54) is 16.7 Å². The zero-order valence-electron chi connectivity index (χ0n) is 17.1. The molecule has 0 N–H and O–H groups in total. The summed E-state index contributed by atoms with van der Waals surface area (Å²) < 4.78 is 1.92. The maximum absolute atomic E-state index is 13.0. The average molecular weight is 379 g/mol. The van der Waals surface area contributed by atoms with E-state index in [1.807, 2.05) is 10.6 Å². The summed E-state index contributed by atoms with van der Waals surface area (Å²) in [5, 5.41) is 0. The van der Waals surface area contributed by atoms with Gasteiger partial charge >= 0.3 is 0 Å². The molecule has 2 bridgehead atoms. The zero-order valence-corrected chi connectivity index (χ0v) is 17.1. The van der Waals surface area contributed by atoms with Crippen molar-refractivity contribution < 1.29 is 4.79 Å². The van der Waals surface area contributed by atoms with Crippen molar-refractivity contribution in [2.75, 3.05) is 13.1 Å². The van der Waals surface area contributed by atoms with Crippen molar-refractivity contribution in [3.8, 4) is 0 Å². The van der Waals surface area contributed by atoms with Crippen LogP contribution in [0.2, 0.25) is 0 Å². The van der Waals surface area contributed by atoms with Crippen LogP contribution in [0.4, 0.5) is 0 Å². The largest absolute Gasteiger partial charge is 0.342 e. The number of carbonyl (C=O) groups excluding carboxylic acids is 1. The van der Waals surface area contributed by atoms with Crippen molar-refractivity contribution in [1.82, 2.24) is 9.47 Å². The Morgan fingerprint density at radius 1 is 1.11 bits per heavy atom. The van der Waals surface area contributed by atoms with Gasteiger partial charge in [-0.05, 0) is 50.2 Å². The standard InChI is InChI=1S/C24H30N2O2/c1-16-7-17(2)9-19(8-16)10-18(3)11-24(28)25-13-20-12-21(15-25)22-5-4-6-23(27)26(22)14-20/h4-9,18,20-21H,10-15H2,1-3H3/t18?,20-,21+/m1/s1. The van der Waals surface area contributed by atoms with E-state index >= 15 is 0 Å². The predicted octanol–water partition coefficient (Wildman–Crippen LogP) is 3.68. The van der Waals surface area contributed by atoms with Gasteiger partial charge in [-0.2, -0.15) is 0 Å². The second-order valence-electron chi connectivity index (χ2n) is 9.01. The summed E-state index contributed by atoms with van der Waals surface area (Å²) in [4.78, 5) is 27.2. The van der Waals surface area contributed by atoms with Crippen LogP contribution in [0.5, 0.6) is 0 Å². The normalized spacial score (nSPS) is 21.9. The number of aryl methyl sites for hydroxylation is 2. The third-order valence-corrected chi connectivity index (χ3v) is 6.22. The van der Waals surface area contributed by atoms with Gasteiger partial charge in [0.05, 0.1) is 0 Å². The van der Waals surface area contributed by atoms with E-state index < -0.39 is 0 Å². The van der Waals surface area contributed by atoms with Crippen molar-refractivity contribution in [2.45, 2.75) is 52.5 Å². The van der Waals surface area contributed by atoms with E-state index in [2.05, 4.69) is 49.9 Å². The molecule has 28 heavy (non-hydrogen) atoms. The average Bonchev–Trinajstić information content (AvgIpc) is 2.61. The molecule has 3 heterocycles. The molecule has 3 atom stereocenters. The maximum Gasteiger partial charge on any atom is 0.250 e. The molecule has 2 aliphatic rings. The van der Waals surface area contributed by atoms with Gasteiger partial charge in [-0.25, -0.2) is 0 Å². The van der Waals surface area contributed by atoms with Crippen molar-refractivity contribution in [3.05, 3.63) is 69.1 Å². The number of hydrogen-bond donors (Lipinski definition) is 0. The van der Waals surface area contributed by atoms with E-state index in [1.54, 1.807) is 6.07 Å². The molecule has 4 rings (SSSR count). The van der Waals surface area contributed by atoms with E-state index in [0.29, 0.717) is 24.2 Å². The molecule has 1 aromatic heterocycles. The van der Waals surface area contributed by atoms with Crippen molar-refractivity contribution in [2.24, 2.45) is 11.8 Å². The monoisotopic (exact) mass is 378 g/mol. The molecule has 148 valence electrons. The minimum Gasteiger partial charge on any atom is -0.342 e. The molecule has 0 radical (unpaired) electrons. The van der Waals surface area contributed by atoms with Crippen LogP contribution >= 0.6 is 0 Å². The highest BCUT2D eigenvalue weighted by molar-refractivity contribution is 5.76. The van der Waals surface area contributed by atoms with Gasteiger partial charge in [0.1, 0.15) is 0 Å². The quantitative estimate of drug-likeness (QED) is 0.814. The first-order valence-corrected chi connectivity index (χ1v) is 10.4. The predicted molar refractivity (Wildman–Crippen MR) is 112 cm³/mol. The lowest BCUT2D eigenvalue weighted by molar-refractivity contribution is -0.134. The number of benzene rings is 1. The maximum atomic E-state index is 13.0. The number of piperidine rings is 1. The molecule has 1 unspecified atom stereocenters. The Morgan fingerprint density at radius 2 is 1.86 bits per heavy atom. The van der Waals surface area contributed by atoms with E-state index in [-0.39, 0.29) is 11.5 Å². The second kappa shape index (κ2) is 7.57. The highest BCUT2D eigenvalue weighted by atomic mass is 16.2. The van der Waals surface area contributed by atoms with Gasteiger partial charge in [0.15, 0.2) is 0 Å². The minimum absolute atomic E-state index is 0.0917. The molecule has 1 amide bonds. The molecule has 0 aliphatic carbocycles. The van der Waals surface area contributed by atoms with Crippen LogP contribution in [0, 0.1) is 25.7 Å². The number of likely N-dealkylation sites (tertiary alicyclic amines) is 1. The lowest BCUT2D eigenvalue weighted by Gasteiger charge is -2.43. The van der Waals surface area contributed by atoms with Crippen LogP contribution in [-0.4, -0.2) is 28.5 Å². The first-order valence-electron chi connectivity index (χ1n) is 10.4. The van der Waals surface area contributed by atoms with Crippen LogP contribution in [0.25, 0.3) is 0 Å². The molecule has 0 saturated carbocycles. The highest BCUT2D eigenvalue weighted by Crippen LogP contribution is 2.35. The third kappa shape index (κ3) is 3.91. The third-order valence-electron chi connectivity index (χ3n) is 6.22. The molecule has 1 aromatic carbocycles. The fraction of sp³-hybridized carbons (Fsp3) is 0.500. The summed E-state index contributed by atoms with van der Waals surface area (Å²) >= 11 is 0. The molecule has 4 heteroatoms. The molecule has 1 saturated heterocycles. The SMILES string of the molecule is Cc1cc(C)cc(CC(C)CC(=O)N2C[C@H]3C[C@@H](C2)c2cccc(=O)n2C3)c1. The first-order chi connectivity index (χ1) is 13.4. The van der Waals surface area contributed by atoms with Gasteiger partial charge in [-0.15, -0.1) is 0 Å². The molecule has 0 spiro atoms. The minimum atomic E-state index is 0.0917. The van der Waals surface area contributed by atoms with Gasteiger partial charge in [-0.3, -0.25) is 9.59 Å². The van der Waals surface area contributed by atoms with E-state index in [9.17, 15) is 9.59 Å². The molecule has 2 aromatic rings.